The van der Waals surface area contributed by atoms with E-state index in [1.165, 1.54) is 19.3 Å². The highest BCUT2D eigenvalue weighted by atomic mass is 79.9. The number of hydrogen-bond acceptors (Lipinski definition) is 1. The molecule has 1 aliphatic carbocycles. The van der Waals surface area contributed by atoms with Crippen molar-refractivity contribution >= 4 is 33.2 Å². The maximum Gasteiger partial charge on any atom is 0.0568 e. The highest BCUT2D eigenvalue weighted by molar-refractivity contribution is 9.10. The summed E-state index contributed by atoms with van der Waals surface area (Å²) < 4.78 is 0.951. The van der Waals surface area contributed by atoms with Crippen LogP contribution in [-0.4, -0.2) is 6.04 Å². The first-order valence-corrected chi connectivity index (χ1v) is 7.74. The Morgan fingerprint density at radius 2 is 2.06 bits per heavy atom. The second-order valence-electron chi connectivity index (χ2n) is 6.38. The van der Waals surface area contributed by atoms with Crippen molar-refractivity contribution in [2.75, 3.05) is 5.32 Å². The van der Waals surface area contributed by atoms with Gasteiger partial charge in [0, 0.05) is 16.2 Å². The fourth-order valence-electron chi connectivity index (χ4n) is 3.28. The molecule has 1 aromatic carbocycles. The van der Waals surface area contributed by atoms with Gasteiger partial charge in [0.2, 0.25) is 0 Å². The highest BCUT2D eigenvalue weighted by Gasteiger charge is 2.31. The molecule has 0 heterocycles. The van der Waals surface area contributed by atoms with Crippen LogP contribution in [0.15, 0.2) is 22.7 Å². The largest absolute Gasteiger partial charge is 0.382 e. The third kappa shape index (κ3) is 3.64. The molecule has 2 atom stereocenters. The van der Waals surface area contributed by atoms with E-state index in [1.54, 1.807) is 0 Å². The normalized spacial score (nSPS) is 26.9. The predicted molar refractivity (Wildman–Crippen MR) is 83.4 cm³/mol. The van der Waals surface area contributed by atoms with E-state index in [9.17, 15) is 0 Å². The molecule has 100 valence electrons. The summed E-state index contributed by atoms with van der Waals surface area (Å²) in [7, 11) is 0. The lowest BCUT2D eigenvalue weighted by Crippen LogP contribution is -2.35. The molecule has 1 N–H and O–H groups in total. The van der Waals surface area contributed by atoms with E-state index >= 15 is 0 Å². The molecule has 0 amide bonds. The van der Waals surface area contributed by atoms with E-state index in [0.717, 1.165) is 21.1 Å². The zero-order chi connectivity index (χ0) is 13.3. The van der Waals surface area contributed by atoms with E-state index < -0.39 is 0 Å². The Kier molecular flexibility index (Phi) is 4.28. The zero-order valence-corrected chi connectivity index (χ0v) is 13.6. The molecule has 1 aromatic rings. The Balaban J connectivity index is 2.06. The lowest BCUT2D eigenvalue weighted by atomic mass is 9.70. The summed E-state index contributed by atoms with van der Waals surface area (Å²) in [5.74, 6) is 0.789. The summed E-state index contributed by atoms with van der Waals surface area (Å²) >= 11 is 9.55. The van der Waals surface area contributed by atoms with Crippen molar-refractivity contribution in [1.29, 1.82) is 0 Å². The second-order valence-corrected chi connectivity index (χ2v) is 7.65. The van der Waals surface area contributed by atoms with E-state index in [4.69, 9.17) is 11.6 Å². The number of rotatable bonds is 2. The fourth-order valence-corrected chi connectivity index (χ4v) is 3.70. The maximum atomic E-state index is 6.13. The van der Waals surface area contributed by atoms with Crippen molar-refractivity contribution < 1.29 is 0 Å². The van der Waals surface area contributed by atoms with Crippen molar-refractivity contribution in [2.24, 2.45) is 11.3 Å². The van der Waals surface area contributed by atoms with Crippen molar-refractivity contribution in [2.45, 2.75) is 46.1 Å². The molecule has 2 unspecified atom stereocenters. The molecule has 0 radical (unpaired) electrons. The van der Waals surface area contributed by atoms with Crippen LogP contribution in [-0.2, 0) is 0 Å². The third-order valence-electron chi connectivity index (χ3n) is 3.68. The molecule has 18 heavy (non-hydrogen) atoms. The van der Waals surface area contributed by atoms with Crippen LogP contribution in [0.1, 0.15) is 40.0 Å². The van der Waals surface area contributed by atoms with Crippen LogP contribution in [0.3, 0.4) is 0 Å². The molecule has 1 nitrogen and oxygen atoms in total. The van der Waals surface area contributed by atoms with Crippen LogP contribution in [0, 0.1) is 11.3 Å². The van der Waals surface area contributed by atoms with Crippen LogP contribution >= 0.6 is 27.5 Å². The summed E-state index contributed by atoms with van der Waals surface area (Å²) in [5, 5.41) is 4.40. The molecule has 1 fully saturated rings. The third-order valence-corrected chi connectivity index (χ3v) is 4.91. The first kappa shape index (κ1) is 14.2. The Labute approximate surface area is 123 Å². The monoisotopic (exact) mass is 329 g/mol. The van der Waals surface area contributed by atoms with Crippen LogP contribution < -0.4 is 5.32 Å². The van der Waals surface area contributed by atoms with Crippen molar-refractivity contribution in [3.8, 4) is 0 Å². The van der Waals surface area contributed by atoms with Gasteiger partial charge in [-0.2, -0.15) is 0 Å². The van der Waals surface area contributed by atoms with E-state index in [0.29, 0.717) is 11.5 Å². The van der Waals surface area contributed by atoms with Crippen LogP contribution in [0.2, 0.25) is 5.02 Å². The molecule has 2 rings (SSSR count). The van der Waals surface area contributed by atoms with Gasteiger partial charge in [0.25, 0.3) is 0 Å². The smallest absolute Gasteiger partial charge is 0.0568 e. The molecular weight excluding hydrogens is 310 g/mol. The average molecular weight is 331 g/mol. The fraction of sp³-hybridized carbons (Fsp3) is 0.600. The summed E-state index contributed by atoms with van der Waals surface area (Å²) in [4.78, 5) is 0. The molecule has 0 saturated heterocycles. The number of benzene rings is 1. The number of hydrogen-bond donors (Lipinski definition) is 1. The first-order valence-electron chi connectivity index (χ1n) is 6.57. The minimum atomic E-state index is 0.439. The average Bonchev–Trinajstić information content (AvgIpc) is 2.20. The molecule has 1 aliphatic rings. The van der Waals surface area contributed by atoms with Crippen LogP contribution in [0.4, 0.5) is 5.69 Å². The Hall–Kier alpha value is -0.210. The molecule has 0 spiro atoms. The van der Waals surface area contributed by atoms with Gasteiger partial charge in [-0.15, -0.1) is 0 Å². The molecule has 3 heteroatoms. The van der Waals surface area contributed by atoms with E-state index in [2.05, 4.69) is 48.1 Å². The minimum absolute atomic E-state index is 0.439. The Morgan fingerprint density at radius 1 is 1.33 bits per heavy atom. The lowest BCUT2D eigenvalue weighted by Gasteiger charge is -2.39. The molecular formula is C15H21BrClN. The van der Waals surface area contributed by atoms with Gasteiger partial charge in [-0.1, -0.05) is 32.4 Å². The number of nitrogens with one attached hydrogen (secondary N) is 1. The highest BCUT2D eigenvalue weighted by Crippen LogP contribution is 2.39. The Bertz CT molecular complexity index is 431. The number of anilines is 1. The van der Waals surface area contributed by atoms with Gasteiger partial charge in [-0.05, 0) is 64.7 Å². The van der Waals surface area contributed by atoms with Crippen molar-refractivity contribution in [3.05, 3.63) is 27.7 Å². The molecule has 0 bridgehead atoms. The predicted octanol–water partition coefficient (Wildman–Crippen LogP) is 5.73. The molecule has 0 aromatic heterocycles. The van der Waals surface area contributed by atoms with Gasteiger partial charge in [0.1, 0.15) is 0 Å². The van der Waals surface area contributed by atoms with E-state index in [1.807, 2.05) is 12.1 Å². The summed E-state index contributed by atoms with van der Waals surface area (Å²) in [6.07, 6.45) is 3.80. The van der Waals surface area contributed by atoms with Gasteiger partial charge in [-0.25, -0.2) is 0 Å². The van der Waals surface area contributed by atoms with Gasteiger partial charge >= 0.3 is 0 Å². The van der Waals surface area contributed by atoms with Crippen molar-refractivity contribution in [3.63, 3.8) is 0 Å². The zero-order valence-electron chi connectivity index (χ0n) is 11.3. The molecule has 0 aliphatic heterocycles. The SMILES string of the molecule is CC1CC(Nc2ccc(Br)c(Cl)c2)CC(C)(C)C1. The van der Waals surface area contributed by atoms with Gasteiger partial charge < -0.3 is 5.32 Å². The van der Waals surface area contributed by atoms with E-state index in [-0.39, 0.29) is 0 Å². The first-order chi connectivity index (χ1) is 8.35. The van der Waals surface area contributed by atoms with Gasteiger partial charge in [0.05, 0.1) is 5.02 Å². The summed E-state index contributed by atoms with van der Waals surface area (Å²) in [6.45, 7) is 7.09. The number of halogens is 2. The van der Waals surface area contributed by atoms with Crippen molar-refractivity contribution in [1.82, 2.24) is 0 Å². The van der Waals surface area contributed by atoms with Gasteiger partial charge in [-0.3, -0.25) is 0 Å². The summed E-state index contributed by atoms with van der Waals surface area (Å²) in [6, 6.07) is 6.64. The van der Waals surface area contributed by atoms with Crippen LogP contribution in [0.25, 0.3) is 0 Å². The molecule has 1 saturated carbocycles. The maximum absolute atomic E-state index is 6.13. The lowest BCUT2D eigenvalue weighted by molar-refractivity contribution is 0.178. The second kappa shape index (κ2) is 5.42. The van der Waals surface area contributed by atoms with Gasteiger partial charge in [0.15, 0.2) is 0 Å². The Morgan fingerprint density at radius 3 is 2.67 bits per heavy atom. The van der Waals surface area contributed by atoms with Crippen LogP contribution in [0.5, 0.6) is 0 Å². The summed E-state index contributed by atoms with van der Waals surface area (Å²) in [5.41, 5.74) is 1.56. The standard InChI is InChI=1S/C15H21BrClN/c1-10-6-12(9-15(2,3)8-10)18-11-4-5-13(16)14(17)7-11/h4-5,7,10,12,18H,6,8-9H2,1-3H3. The topological polar surface area (TPSA) is 12.0 Å². The quantitative estimate of drug-likeness (QED) is 0.730. The minimum Gasteiger partial charge on any atom is -0.382 e.